The second-order valence-corrected chi connectivity index (χ2v) is 6.48. The first-order chi connectivity index (χ1) is 10.3. The molecule has 2 aromatic carbocycles. The molecule has 0 unspecified atom stereocenters. The molecule has 0 fully saturated rings. The molecular weight excluding hydrogens is 306 g/mol. The first-order valence-corrected chi connectivity index (χ1v) is 7.82. The number of nitrogens with zero attached hydrogens (tertiary/aromatic N) is 2. The van der Waals surface area contributed by atoms with Crippen LogP contribution in [-0.4, -0.2) is 27.4 Å². The van der Waals surface area contributed by atoms with Crippen LogP contribution in [0.15, 0.2) is 53.4 Å². The Morgan fingerprint density at radius 3 is 2.00 bits per heavy atom. The fourth-order valence-electron chi connectivity index (χ4n) is 1.79. The highest BCUT2D eigenvalue weighted by molar-refractivity contribution is 7.92. The van der Waals surface area contributed by atoms with Crippen LogP contribution in [0.5, 0.6) is 0 Å². The zero-order valence-corrected chi connectivity index (χ0v) is 12.9. The molecule has 1 N–H and O–H groups in total. The highest BCUT2D eigenvalue weighted by Gasteiger charge is 2.15. The maximum absolute atomic E-state index is 12.2. The minimum atomic E-state index is -3.73. The number of nitrogens with one attached hydrogen (secondary N) is 1. The van der Waals surface area contributed by atoms with E-state index in [1.54, 1.807) is 12.1 Å². The summed E-state index contributed by atoms with van der Waals surface area (Å²) in [6.45, 7) is 0. The van der Waals surface area contributed by atoms with Crippen LogP contribution >= 0.6 is 0 Å². The molecule has 0 aliphatic rings. The second-order valence-electron chi connectivity index (χ2n) is 4.80. The number of benzene rings is 2. The minimum Gasteiger partial charge on any atom is -0.378 e. The van der Waals surface area contributed by atoms with Crippen molar-refractivity contribution in [2.24, 2.45) is 0 Å². The standard InChI is InChI=1S/C14H15N3O4S/c1-16(2)12-7-9-14(10-8-12)22(20,21)15-11-3-5-13(6-4-11)17(18)19/h3-10,15H,1-2H3. The van der Waals surface area contributed by atoms with Gasteiger partial charge in [-0.25, -0.2) is 8.42 Å². The van der Waals surface area contributed by atoms with Crippen molar-refractivity contribution < 1.29 is 13.3 Å². The Morgan fingerprint density at radius 2 is 1.55 bits per heavy atom. The normalized spacial score (nSPS) is 11.0. The molecule has 0 aliphatic heterocycles. The number of nitro groups is 1. The van der Waals surface area contributed by atoms with Gasteiger partial charge in [0.15, 0.2) is 0 Å². The van der Waals surface area contributed by atoms with Gasteiger partial charge in [0, 0.05) is 37.6 Å². The second kappa shape index (κ2) is 6.02. The lowest BCUT2D eigenvalue weighted by Crippen LogP contribution is -2.13. The van der Waals surface area contributed by atoms with Crippen LogP contribution in [0.2, 0.25) is 0 Å². The molecular formula is C14H15N3O4S. The van der Waals surface area contributed by atoms with E-state index in [0.717, 1.165) is 5.69 Å². The van der Waals surface area contributed by atoms with E-state index in [1.165, 1.54) is 36.4 Å². The summed E-state index contributed by atoms with van der Waals surface area (Å²) in [6, 6.07) is 11.6. The number of rotatable bonds is 5. The first-order valence-electron chi connectivity index (χ1n) is 6.34. The third-order valence-electron chi connectivity index (χ3n) is 2.99. The maximum atomic E-state index is 12.2. The quantitative estimate of drug-likeness (QED) is 0.674. The number of non-ortho nitro benzene ring substituents is 1. The molecule has 0 aromatic heterocycles. The molecule has 0 heterocycles. The zero-order chi connectivity index (χ0) is 16.3. The molecule has 0 spiro atoms. The van der Waals surface area contributed by atoms with Gasteiger partial charge in [0.05, 0.1) is 9.82 Å². The topological polar surface area (TPSA) is 92.6 Å². The largest absolute Gasteiger partial charge is 0.378 e. The van der Waals surface area contributed by atoms with E-state index in [9.17, 15) is 18.5 Å². The van der Waals surface area contributed by atoms with Crippen LogP contribution in [0.4, 0.5) is 17.1 Å². The van der Waals surface area contributed by atoms with E-state index in [-0.39, 0.29) is 16.3 Å². The van der Waals surface area contributed by atoms with Crippen LogP contribution in [0.3, 0.4) is 0 Å². The van der Waals surface area contributed by atoms with E-state index in [4.69, 9.17) is 0 Å². The fourth-order valence-corrected chi connectivity index (χ4v) is 2.85. The van der Waals surface area contributed by atoms with Crippen LogP contribution in [0.1, 0.15) is 0 Å². The smallest absolute Gasteiger partial charge is 0.269 e. The van der Waals surface area contributed by atoms with Gasteiger partial charge in [0.1, 0.15) is 0 Å². The molecule has 2 aromatic rings. The van der Waals surface area contributed by atoms with Gasteiger partial charge in [-0.3, -0.25) is 14.8 Å². The third kappa shape index (κ3) is 3.53. The molecule has 7 nitrogen and oxygen atoms in total. The van der Waals surface area contributed by atoms with Gasteiger partial charge in [0.25, 0.3) is 15.7 Å². The number of anilines is 2. The van der Waals surface area contributed by atoms with Crippen molar-refractivity contribution in [1.29, 1.82) is 0 Å². The van der Waals surface area contributed by atoms with Crippen LogP contribution in [0, 0.1) is 10.1 Å². The Labute approximate surface area is 128 Å². The van der Waals surface area contributed by atoms with Crippen molar-refractivity contribution in [2.75, 3.05) is 23.7 Å². The number of hydrogen-bond donors (Lipinski definition) is 1. The lowest BCUT2D eigenvalue weighted by atomic mass is 10.3. The number of hydrogen-bond acceptors (Lipinski definition) is 5. The number of nitro benzene ring substituents is 1. The highest BCUT2D eigenvalue weighted by Crippen LogP contribution is 2.21. The molecule has 22 heavy (non-hydrogen) atoms. The maximum Gasteiger partial charge on any atom is 0.269 e. The van der Waals surface area contributed by atoms with Crippen molar-refractivity contribution >= 4 is 27.1 Å². The summed E-state index contributed by atoms with van der Waals surface area (Å²) in [6.07, 6.45) is 0. The van der Waals surface area contributed by atoms with E-state index >= 15 is 0 Å². The van der Waals surface area contributed by atoms with E-state index in [2.05, 4.69) is 4.72 Å². The van der Waals surface area contributed by atoms with Gasteiger partial charge in [-0.15, -0.1) is 0 Å². The highest BCUT2D eigenvalue weighted by atomic mass is 32.2. The molecule has 0 bridgehead atoms. The monoisotopic (exact) mass is 321 g/mol. The average molecular weight is 321 g/mol. The van der Waals surface area contributed by atoms with Gasteiger partial charge in [-0.2, -0.15) is 0 Å². The molecule has 0 amide bonds. The van der Waals surface area contributed by atoms with E-state index in [0.29, 0.717) is 0 Å². The van der Waals surface area contributed by atoms with Crippen molar-refractivity contribution in [3.8, 4) is 0 Å². The Bertz CT molecular complexity index is 769. The van der Waals surface area contributed by atoms with E-state index < -0.39 is 14.9 Å². The molecule has 2 rings (SSSR count). The Hall–Kier alpha value is -2.61. The summed E-state index contributed by atoms with van der Waals surface area (Å²) in [5.41, 5.74) is 1.05. The molecule has 0 saturated heterocycles. The molecule has 8 heteroatoms. The predicted molar refractivity (Wildman–Crippen MR) is 84.7 cm³/mol. The van der Waals surface area contributed by atoms with Gasteiger partial charge < -0.3 is 4.90 Å². The lowest BCUT2D eigenvalue weighted by Gasteiger charge is -2.13. The SMILES string of the molecule is CN(C)c1ccc(S(=O)(=O)Nc2ccc([N+](=O)[O-])cc2)cc1. The van der Waals surface area contributed by atoms with Gasteiger partial charge in [0.2, 0.25) is 0 Å². The van der Waals surface area contributed by atoms with Gasteiger partial charge in [-0.05, 0) is 36.4 Å². The van der Waals surface area contributed by atoms with Gasteiger partial charge in [-0.1, -0.05) is 0 Å². The van der Waals surface area contributed by atoms with Gasteiger partial charge >= 0.3 is 0 Å². The third-order valence-corrected chi connectivity index (χ3v) is 4.39. The summed E-state index contributed by atoms with van der Waals surface area (Å²) in [7, 11) is -0.00776. The van der Waals surface area contributed by atoms with Crippen LogP contribution < -0.4 is 9.62 Å². The molecule has 116 valence electrons. The summed E-state index contributed by atoms with van der Waals surface area (Å²) < 4.78 is 26.9. The zero-order valence-electron chi connectivity index (χ0n) is 12.1. The summed E-state index contributed by atoms with van der Waals surface area (Å²) in [5.74, 6) is 0. The molecule has 0 aliphatic carbocycles. The van der Waals surface area contributed by atoms with Crippen LogP contribution in [-0.2, 0) is 10.0 Å². The molecule has 0 saturated carbocycles. The Morgan fingerprint density at radius 1 is 1.00 bits per heavy atom. The fraction of sp³-hybridized carbons (Fsp3) is 0.143. The molecule has 0 atom stereocenters. The summed E-state index contributed by atoms with van der Waals surface area (Å²) in [5, 5.41) is 10.6. The summed E-state index contributed by atoms with van der Waals surface area (Å²) >= 11 is 0. The Balaban J connectivity index is 2.21. The van der Waals surface area contributed by atoms with Crippen molar-refractivity contribution in [1.82, 2.24) is 0 Å². The van der Waals surface area contributed by atoms with Crippen molar-refractivity contribution in [3.63, 3.8) is 0 Å². The summed E-state index contributed by atoms with van der Waals surface area (Å²) in [4.78, 5) is 12.0. The average Bonchev–Trinajstić information content (AvgIpc) is 2.47. The van der Waals surface area contributed by atoms with E-state index in [1.807, 2.05) is 19.0 Å². The number of sulfonamides is 1. The first kappa shape index (κ1) is 15.8. The predicted octanol–water partition coefficient (Wildman–Crippen LogP) is 2.46. The van der Waals surface area contributed by atoms with Crippen molar-refractivity contribution in [2.45, 2.75) is 4.90 Å². The van der Waals surface area contributed by atoms with Crippen molar-refractivity contribution in [3.05, 3.63) is 58.6 Å². The minimum absolute atomic E-state index is 0.0988. The molecule has 0 radical (unpaired) electrons. The lowest BCUT2D eigenvalue weighted by molar-refractivity contribution is -0.384. The Kier molecular flexibility index (Phi) is 4.32. The van der Waals surface area contributed by atoms with Crippen LogP contribution in [0.25, 0.3) is 0 Å².